The smallest absolute Gasteiger partial charge is 0.428 e. The number of hydrogen-bond donors (Lipinski definition) is 2. The number of aromatic hydroxyl groups is 1. The standard InChI is InChI=1S/C20H32O2.C20H17OS.C16H24O2.C10H16F2O7S.C10H14O.C10H14.10CH4/c1-4-16(2)19-10-12-20(13-11-19)22-17(3)21-15-14-18-8-6-5-7-9-18;21-14-13-15-9-11-16(12-10-15)22-19-7-3-1-5-17(19)18-6-2-4-8-20(18)22;1-5-10-14(13-11-8-7-9-12-13)18-15(17)16(3,4)6-2;1-4-9(2,3)7(13)18-5-6-19-8(14)10(11,12)20(15,16)17;1-3-8(2)9-4-6-10(11)7-5-9;1-3-9(2)10-7-5-4-6-8-10;;;;;;;;;;/h10-13,16-18H,4-9,14-15H2,1-3H3;1-12,21H,13-14H2;7-9,11-12,14H,5-6,10H2,1-4H3;4-6H2,1-3H3,(H,15,16,17);4-8,11H,3H2,1-2H3;4-9H,3H2,1-2H3;10*1H4/q;+1;;;;;;;;;;;;;;/p-1. The third-order valence-electron chi connectivity index (χ3n) is 19.0. The van der Waals surface area contributed by atoms with Crippen molar-refractivity contribution in [1.29, 1.82) is 0 Å². The Labute approximate surface area is 690 Å². The van der Waals surface area contributed by atoms with Crippen LogP contribution in [0.25, 0.3) is 25.1 Å². The fourth-order valence-electron chi connectivity index (χ4n) is 10.7. The number of benzene rings is 7. The molecule has 17 heteroatoms. The minimum absolute atomic E-state index is 0. The Hall–Kier alpha value is -7.54. The average molecular weight is 1620 g/mol. The molecule has 0 saturated heterocycles. The van der Waals surface area contributed by atoms with Gasteiger partial charge in [-0.25, -0.2) is 13.2 Å². The molecule has 1 saturated carbocycles. The SMILES string of the molecule is C.C.C.C.C.C.C.C.C.C.CCC(C)(C)C(=O)OCCOC(=O)C(F)(F)S(=O)(=O)[O-].CCC(C)c1ccc(O)cc1.CCC(C)c1ccc(OC(C)OCCC2CCCCC2)cc1.CCC(C)c1ccccc1.CCCC(OC(=O)C(C)(C)CC)c1ccccc1.OCCc1ccc(-[s+]2c3ccccc3c3ccccc32)cc1. The summed E-state index contributed by atoms with van der Waals surface area (Å²) >= 11 is 0. The molecule has 113 heavy (non-hydrogen) atoms. The van der Waals surface area contributed by atoms with Crippen LogP contribution in [-0.4, -0.2) is 79.1 Å². The van der Waals surface area contributed by atoms with E-state index >= 15 is 0 Å². The Morgan fingerprint density at radius 1 is 0.513 bits per heavy atom. The summed E-state index contributed by atoms with van der Waals surface area (Å²) in [5.74, 6) is 0.796. The number of ether oxygens (including phenoxy) is 5. The van der Waals surface area contributed by atoms with E-state index in [1.165, 1.54) is 98.7 Å². The fourth-order valence-corrected chi connectivity index (χ4v) is 13.4. The highest BCUT2D eigenvalue weighted by molar-refractivity contribution is 7.87. The molecule has 0 spiro atoms. The van der Waals surface area contributed by atoms with Crippen molar-refractivity contribution in [2.24, 2.45) is 16.7 Å². The van der Waals surface area contributed by atoms with E-state index in [2.05, 4.69) is 185 Å². The first-order chi connectivity index (χ1) is 49.0. The summed E-state index contributed by atoms with van der Waals surface area (Å²) in [6.07, 6.45) is 15.3. The number of halogens is 2. The Kier molecular flexibility index (Phi) is 64.0. The first kappa shape index (κ1) is 119. The number of thiophene rings is 1. The van der Waals surface area contributed by atoms with Crippen LogP contribution < -0.4 is 4.74 Å². The number of alkyl halides is 2. The summed E-state index contributed by atoms with van der Waals surface area (Å²) < 4.78 is 84.4. The molecular formula is C96H156F2O13S2. The quantitative estimate of drug-likeness (QED) is 0.0118. The van der Waals surface area contributed by atoms with Crippen molar-refractivity contribution in [2.45, 2.75) is 296 Å². The fraction of sp³-hybridized carbons (Fsp3) is 0.531. The molecule has 9 rings (SSSR count). The van der Waals surface area contributed by atoms with Gasteiger partial charge >= 0.3 is 23.2 Å². The van der Waals surface area contributed by atoms with Crippen molar-refractivity contribution in [3.63, 3.8) is 0 Å². The average Bonchev–Trinajstić information content (AvgIpc) is 1.59. The van der Waals surface area contributed by atoms with Crippen molar-refractivity contribution < 1.29 is 70.0 Å². The predicted molar refractivity (Wildman–Crippen MR) is 483 cm³/mol. The molecule has 1 aromatic heterocycles. The van der Waals surface area contributed by atoms with Crippen molar-refractivity contribution in [1.82, 2.24) is 0 Å². The number of phenolic OH excluding ortho intramolecular Hbond substituents is 1. The summed E-state index contributed by atoms with van der Waals surface area (Å²) in [5.41, 5.74) is 5.21. The monoisotopic (exact) mass is 1620 g/mol. The molecule has 7 aromatic carbocycles. The molecule has 1 aliphatic rings. The lowest BCUT2D eigenvalue weighted by Gasteiger charge is -2.25. The lowest BCUT2D eigenvalue weighted by molar-refractivity contribution is -0.167. The van der Waals surface area contributed by atoms with Crippen LogP contribution in [0.2, 0.25) is 0 Å². The van der Waals surface area contributed by atoms with Gasteiger partial charge in [-0.15, -0.1) is 0 Å². The van der Waals surface area contributed by atoms with Gasteiger partial charge in [0.2, 0.25) is 0 Å². The molecule has 5 atom stereocenters. The van der Waals surface area contributed by atoms with E-state index in [9.17, 15) is 36.1 Å². The molecular weight excluding hydrogens is 1460 g/mol. The van der Waals surface area contributed by atoms with Crippen molar-refractivity contribution >= 4 is 58.7 Å². The lowest BCUT2D eigenvalue weighted by atomic mass is 9.87. The van der Waals surface area contributed by atoms with Gasteiger partial charge < -0.3 is 38.5 Å². The maximum atomic E-state index is 12.7. The van der Waals surface area contributed by atoms with Crippen LogP contribution in [0.5, 0.6) is 11.5 Å². The Bertz CT molecular complexity index is 3770. The highest BCUT2D eigenvalue weighted by Crippen LogP contribution is 2.48. The zero-order valence-electron chi connectivity index (χ0n) is 63.5. The molecule has 5 unspecified atom stereocenters. The number of phenols is 1. The van der Waals surface area contributed by atoms with E-state index in [0.29, 0.717) is 29.9 Å². The van der Waals surface area contributed by atoms with Gasteiger partial charge in [0.05, 0.1) is 17.4 Å². The maximum Gasteiger partial charge on any atom is 0.428 e. The minimum atomic E-state index is -6.15. The molecule has 644 valence electrons. The number of carbonyl (C=O) groups excluding carboxylic acids is 3. The van der Waals surface area contributed by atoms with Crippen LogP contribution in [0.3, 0.4) is 0 Å². The number of esters is 3. The van der Waals surface area contributed by atoms with E-state index in [0.717, 1.165) is 55.9 Å². The summed E-state index contributed by atoms with van der Waals surface area (Å²) in [5, 5.41) is 15.6. The number of aliphatic hydroxyl groups is 1. The summed E-state index contributed by atoms with van der Waals surface area (Å²) in [4.78, 5) is 35.6. The van der Waals surface area contributed by atoms with Gasteiger partial charge in [-0.2, -0.15) is 8.78 Å². The van der Waals surface area contributed by atoms with Crippen LogP contribution in [0.1, 0.15) is 306 Å². The molecule has 2 N–H and O–H groups in total. The van der Waals surface area contributed by atoms with Gasteiger partial charge in [-0.3, -0.25) is 9.59 Å². The van der Waals surface area contributed by atoms with E-state index in [-0.39, 0.29) is 110 Å². The highest BCUT2D eigenvalue weighted by atomic mass is 32.2. The van der Waals surface area contributed by atoms with Gasteiger partial charge in [0, 0.05) is 27.8 Å². The van der Waals surface area contributed by atoms with E-state index in [1.807, 2.05) is 70.2 Å². The van der Waals surface area contributed by atoms with Crippen LogP contribution in [0.15, 0.2) is 182 Å². The second-order valence-electron chi connectivity index (χ2n) is 27.6. The van der Waals surface area contributed by atoms with Crippen LogP contribution in [0, 0.1) is 16.7 Å². The van der Waals surface area contributed by atoms with E-state index in [1.54, 1.807) is 32.9 Å². The normalized spacial score (nSPS) is 12.7. The predicted octanol–water partition coefficient (Wildman–Crippen LogP) is 28.8. The number of carbonyl (C=O) groups is 3. The molecule has 1 heterocycles. The zero-order valence-corrected chi connectivity index (χ0v) is 65.1. The molecule has 8 aromatic rings. The van der Waals surface area contributed by atoms with E-state index in [4.69, 9.17) is 24.4 Å². The van der Waals surface area contributed by atoms with Crippen molar-refractivity contribution in [3.05, 3.63) is 210 Å². The van der Waals surface area contributed by atoms with Gasteiger partial charge in [0.25, 0.3) is 0 Å². The summed E-state index contributed by atoms with van der Waals surface area (Å²) in [6, 6.07) is 62.6. The van der Waals surface area contributed by atoms with Crippen molar-refractivity contribution in [2.75, 3.05) is 26.4 Å². The Morgan fingerprint density at radius 3 is 1.33 bits per heavy atom. The third kappa shape index (κ3) is 39.6. The molecule has 1 fully saturated rings. The third-order valence-corrected chi connectivity index (χ3v) is 22.2. The molecule has 0 amide bonds. The molecule has 0 aliphatic heterocycles. The van der Waals surface area contributed by atoms with Crippen LogP contribution in [-0.2, 0) is 49.9 Å². The summed E-state index contributed by atoms with van der Waals surface area (Å²) in [6.45, 7) is 27.9. The summed E-state index contributed by atoms with van der Waals surface area (Å²) in [7, 11) is -6.16. The maximum absolute atomic E-state index is 12.7. The van der Waals surface area contributed by atoms with Crippen molar-refractivity contribution in [3.8, 4) is 16.4 Å². The van der Waals surface area contributed by atoms with E-state index < -0.39 is 51.4 Å². The minimum Gasteiger partial charge on any atom is -0.743 e. The second-order valence-corrected chi connectivity index (χ2v) is 31.0. The second kappa shape index (κ2) is 60.9. The zero-order chi connectivity index (χ0) is 76.2. The number of hydrogen-bond acceptors (Lipinski definition) is 13. The molecule has 13 nitrogen and oxygen atoms in total. The van der Waals surface area contributed by atoms with Gasteiger partial charge in [-0.05, 0) is 198 Å². The van der Waals surface area contributed by atoms with Gasteiger partial charge in [-0.1, -0.05) is 296 Å². The Balaban J connectivity index is -0.000000239. The lowest BCUT2D eigenvalue weighted by Crippen LogP contribution is -2.39. The molecule has 1 aliphatic carbocycles. The molecule has 0 radical (unpaired) electrons. The van der Waals surface area contributed by atoms with Gasteiger partial charge in [0.15, 0.2) is 30.7 Å². The van der Waals surface area contributed by atoms with Gasteiger partial charge in [0.1, 0.15) is 30.8 Å². The number of rotatable bonds is 28. The number of fused-ring (bicyclic) bond motifs is 3. The Morgan fingerprint density at radius 2 is 0.912 bits per heavy atom. The first-order valence-electron chi connectivity index (χ1n) is 36.8. The molecule has 0 bridgehead atoms. The largest absolute Gasteiger partial charge is 0.743 e. The topological polar surface area (TPSA) is 195 Å². The van der Waals surface area contributed by atoms with Crippen LogP contribution in [0.4, 0.5) is 8.78 Å². The van der Waals surface area contributed by atoms with Crippen LogP contribution >= 0.6 is 10.5 Å². The number of aliphatic hydroxyl groups excluding tert-OH is 1. The first-order valence-corrected chi connectivity index (χ1v) is 39.4. The highest BCUT2D eigenvalue weighted by Gasteiger charge is 2.48.